The smallest absolute Gasteiger partial charge is 0.301 e. The van der Waals surface area contributed by atoms with Gasteiger partial charge in [0.15, 0.2) is 11.7 Å². The molecule has 2 rings (SSSR count). The van der Waals surface area contributed by atoms with Crippen LogP contribution in [0.5, 0.6) is 0 Å². The Morgan fingerprint density at radius 1 is 1.54 bits per heavy atom. The third kappa shape index (κ3) is 1.25. The molecule has 0 amide bonds. The van der Waals surface area contributed by atoms with Crippen LogP contribution < -0.4 is 5.73 Å². The quantitative estimate of drug-likeness (QED) is 0.702. The summed E-state index contributed by atoms with van der Waals surface area (Å²) in [5, 5.41) is 8.53. The lowest BCUT2D eigenvalue weighted by atomic mass is 10.2. The molecule has 0 aliphatic heterocycles. The Labute approximate surface area is 74.6 Å². The van der Waals surface area contributed by atoms with Crippen LogP contribution in [0.3, 0.4) is 0 Å². The molecule has 1 aromatic heterocycles. The van der Waals surface area contributed by atoms with Crippen molar-refractivity contribution < 1.29 is 4.42 Å². The van der Waals surface area contributed by atoms with Gasteiger partial charge in [0, 0.05) is 6.54 Å². The summed E-state index contributed by atoms with van der Waals surface area (Å²) in [5.41, 5.74) is 7.73. The number of oxazole rings is 1. The predicted molar refractivity (Wildman–Crippen MR) is 46.6 cm³/mol. The molecule has 2 N–H and O–H groups in total. The molecule has 2 aromatic rings. The molecular formula is C9H7N3O. The molecule has 0 unspecified atom stereocenters. The van der Waals surface area contributed by atoms with Gasteiger partial charge in [-0.05, 0) is 17.7 Å². The number of nitrogens with zero attached hydrogens (tertiary/aromatic N) is 2. The largest absolute Gasteiger partial charge is 0.428 e. The molecule has 0 radical (unpaired) electrons. The number of rotatable bonds is 1. The Hall–Kier alpha value is -1.86. The highest BCUT2D eigenvalue weighted by Crippen LogP contribution is 2.16. The Morgan fingerprint density at radius 3 is 3.08 bits per heavy atom. The van der Waals surface area contributed by atoms with E-state index in [1.165, 1.54) is 0 Å². The minimum atomic E-state index is 0.0872. The Kier molecular flexibility index (Phi) is 1.72. The van der Waals surface area contributed by atoms with Gasteiger partial charge in [-0.1, -0.05) is 6.07 Å². The van der Waals surface area contributed by atoms with E-state index in [4.69, 9.17) is 15.4 Å². The maximum absolute atomic E-state index is 8.53. The van der Waals surface area contributed by atoms with Crippen molar-refractivity contribution in [3.63, 3.8) is 0 Å². The summed E-state index contributed by atoms with van der Waals surface area (Å²) < 4.78 is 5.10. The average molecular weight is 173 g/mol. The van der Waals surface area contributed by atoms with E-state index in [0.717, 1.165) is 5.56 Å². The molecule has 0 aliphatic rings. The van der Waals surface area contributed by atoms with Gasteiger partial charge < -0.3 is 10.2 Å². The Morgan fingerprint density at radius 2 is 2.38 bits per heavy atom. The highest BCUT2D eigenvalue weighted by Gasteiger charge is 2.04. The first-order chi connectivity index (χ1) is 6.33. The highest BCUT2D eigenvalue weighted by molar-refractivity contribution is 5.73. The second kappa shape index (κ2) is 2.88. The number of benzene rings is 1. The molecule has 1 heterocycles. The highest BCUT2D eigenvalue weighted by atomic mass is 16.3. The molecule has 13 heavy (non-hydrogen) atoms. The number of nitriles is 1. The van der Waals surface area contributed by atoms with Gasteiger partial charge in [-0.3, -0.25) is 0 Å². The van der Waals surface area contributed by atoms with Crippen LogP contribution in [-0.4, -0.2) is 4.98 Å². The lowest BCUT2D eigenvalue weighted by Crippen LogP contribution is -1.94. The van der Waals surface area contributed by atoms with Gasteiger partial charge in [0.25, 0.3) is 0 Å². The summed E-state index contributed by atoms with van der Waals surface area (Å²) in [5.74, 6) is 0.0872. The Balaban J connectivity index is 2.65. The summed E-state index contributed by atoms with van der Waals surface area (Å²) >= 11 is 0. The molecule has 1 aromatic carbocycles. The first-order valence-corrected chi connectivity index (χ1v) is 3.83. The minimum Gasteiger partial charge on any atom is -0.428 e. The van der Waals surface area contributed by atoms with Gasteiger partial charge in [0.2, 0.25) is 0 Å². The molecule has 0 spiro atoms. The van der Waals surface area contributed by atoms with Crippen LogP contribution in [0.4, 0.5) is 0 Å². The van der Waals surface area contributed by atoms with E-state index in [1.807, 2.05) is 18.2 Å². The third-order valence-electron chi connectivity index (χ3n) is 1.78. The van der Waals surface area contributed by atoms with E-state index in [0.29, 0.717) is 17.6 Å². The van der Waals surface area contributed by atoms with Crippen molar-refractivity contribution >= 4 is 11.1 Å². The SMILES string of the molecule is N#Cc1nc2cc(CN)ccc2o1. The van der Waals surface area contributed by atoms with Gasteiger partial charge in [0.1, 0.15) is 5.52 Å². The molecular weight excluding hydrogens is 166 g/mol. The predicted octanol–water partition coefficient (Wildman–Crippen LogP) is 1.16. The molecule has 64 valence electrons. The van der Waals surface area contributed by atoms with Gasteiger partial charge in [-0.2, -0.15) is 10.2 Å². The maximum atomic E-state index is 8.53. The van der Waals surface area contributed by atoms with Crippen LogP contribution in [0, 0.1) is 11.3 Å². The monoisotopic (exact) mass is 173 g/mol. The van der Waals surface area contributed by atoms with Crippen LogP contribution in [0.2, 0.25) is 0 Å². The van der Waals surface area contributed by atoms with Crippen molar-refractivity contribution in [3.05, 3.63) is 29.7 Å². The number of hydrogen-bond acceptors (Lipinski definition) is 4. The zero-order chi connectivity index (χ0) is 9.26. The van der Waals surface area contributed by atoms with E-state index >= 15 is 0 Å². The number of hydrogen-bond donors (Lipinski definition) is 1. The average Bonchev–Trinajstić information content (AvgIpc) is 2.58. The van der Waals surface area contributed by atoms with Crippen LogP contribution in [0.25, 0.3) is 11.1 Å². The van der Waals surface area contributed by atoms with Crippen molar-refractivity contribution in [1.29, 1.82) is 5.26 Å². The second-order valence-electron chi connectivity index (χ2n) is 2.64. The summed E-state index contributed by atoms with van der Waals surface area (Å²) in [6.07, 6.45) is 0. The van der Waals surface area contributed by atoms with Crippen molar-refractivity contribution in [2.75, 3.05) is 0 Å². The van der Waals surface area contributed by atoms with Crippen molar-refractivity contribution in [3.8, 4) is 6.07 Å². The van der Waals surface area contributed by atoms with Crippen molar-refractivity contribution in [2.45, 2.75) is 6.54 Å². The minimum absolute atomic E-state index is 0.0872. The lowest BCUT2D eigenvalue weighted by Gasteiger charge is -1.92. The third-order valence-corrected chi connectivity index (χ3v) is 1.78. The lowest BCUT2D eigenvalue weighted by molar-refractivity contribution is 0.584. The van der Waals surface area contributed by atoms with E-state index in [-0.39, 0.29) is 5.89 Å². The van der Waals surface area contributed by atoms with Crippen LogP contribution in [-0.2, 0) is 6.54 Å². The standard InChI is InChI=1S/C9H7N3O/c10-4-6-1-2-8-7(3-6)12-9(5-11)13-8/h1-3H,4,10H2. The molecule has 0 bridgehead atoms. The van der Waals surface area contributed by atoms with Crippen LogP contribution >= 0.6 is 0 Å². The summed E-state index contributed by atoms with van der Waals surface area (Å²) in [4.78, 5) is 3.96. The zero-order valence-electron chi connectivity index (χ0n) is 6.82. The number of fused-ring (bicyclic) bond motifs is 1. The second-order valence-corrected chi connectivity index (χ2v) is 2.64. The van der Waals surface area contributed by atoms with Crippen molar-refractivity contribution in [2.24, 2.45) is 5.73 Å². The summed E-state index contributed by atoms with van der Waals surface area (Å²) in [6, 6.07) is 7.29. The summed E-state index contributed by atoms with van der Waals surface area (Å²) in [7, 11) is 0. The fourth-order valence-electron chi connectivity index (χ4n) is 1.15. The molecule has 0 atom stereocenters. The first-order valence-electron chi connectivity index (χ1n) is 3.83. The van der Waals surface area contributed by atoms with Crippen LogP contribution in [0.1, 0.15) is 11.5 Å². The van der Waals surface area contributed by atoms with Crippen LogP contribution in [0.15, 0.2) is 22.6 Å². The normalized spacial score (nSPS) is 10.2. The molecule has 0 saturated carbocycles. The van der Waals surface area contributed by atoms with Gasteiger partial charge in [-0.15, -0.1) is 0 Å². The van der Waals surface area contributed by atoms with E-state index in [2.05, 4.69) is 4.98 Å². The molecule has 4 heteroatoms. The van der Waals surface area contributed by atoms with E-state index < -0.39 is 0 Å². The first kappa shape index (κ1) is 7.77. The maximum Gasteiger partial charge on any atom is 0.301 e. The summed E-state index contributed by atoms with van der Waals surface area (Å²) in [6.45, 7) is 0.463. The fraction of sp³-hybridized carbons (Fsp3) is 0.111. The van der Waals surface area contributed by atoms with E-state index in [1.54, 1.807) is 6.07 Å². The fourth-order valence-corrected chi connectivity index (χ4v) is 1.15. The Bertz CT molecular complexity index is 481. The zero-order valence-corrected chi connectivity index (χ0v) is 6.82. The van der Waals surface area contributed by atoms with Crippen molar-refractivity contribution in [1.82, 2.24) is 4.98 Å². The van der Waals surface area contributed by atoms with E-state index in [9.17, 15) is 0 Å². The molecule has 0 saturated heterocycles. The molecule has 0 fully saturated rings. The number of aromatic nitrogens is 1. The molecule has 0 aliphatic carbocycles. The molecule has 4 nitrogen and oxygen atoms in total. The van der Waals surface area contributed by atoms with Gasteiger partial charge >= 0.3 is 5.89 Å². The number of nitrogens with two attached hydrogens (primary N) is 1. The van der Waals surface area contributed by atoms with Gasteiger partial charge in [-0.25, -0.2) is 0 Å². The topological polar surface area (TPSA) is 75.8 Å². The van der Waals surface area contributed by atoms with Gasteiger partial charge in [0.05, 0.1) is 0 Å².